The fourth-order valence-corrected chi connectivity index (χ4v) is 2.46. The highest BCUT2D eigenvalue weighted by molar-refractivity contribution is 6.20. The Morgan fingerprint density at radius 1 is 1.43 bits per heavy atom. The molecule has 5 nitrogen and oxygen atoms in total. The largest absolute Gasteiger partial charge is 0.382 e. The van der Waals surface area contributed by atoms with Crippen LogP contribution in [0.2, 0.25) is 0 Å². The molecule has 2 unspecified atom stereocenters. The number of imidazole rings is 1. The Balaban J connectivity index is 2.51. The lowest BCUT2D eigenvalue weighted by Gasteiger charge is -2.18. The van der Waals surface area contributed by atoms with Gasteiger partial charge in [-0.05, 0) is 25.1 Å². The summed E-state index contributed by atoms with van der Waals surface area (Å²) < 4.78 is 12.6. The van der Waals surface area contributed by atoms with Crippen molar-refractivity contribution in [2.24, 2.45) is 0 Å². The molecule has 2 rings (SSSR count). The number of ether oxygens (including phenoxy) is 2. The summed E-state index contributed by atoms with van der Waals surface area (Å²) in [5, 5.41) is 8.83. The zero-order chi connectivity index (χ0) is 15.4. The first-order chi connectivity index (χ1) is 10.1. The summed E-state index contributed by atoms with van der Waals surface area (Å²) in [6, 6.07) is 7.57. The number of halogens is 1. The smallest absolute Gasteiger partial charge is 0.127 e. The quantitative estimate of drug-likeness (QED) is 0.770. The Hall–Kier alpha value is -1.61. The van der Waals surface area contributed by atoms with E-state index in [9.17, 15) is 0 Å². The van der Waals surface area contributed by atoms with Crippen LogP contribution in [-0.4, -0.2) is 36.5 Å². The maximum Gasteiger partial charge on any atom is 0.127 e. The average Bonchev–Trinajstić information content (AvgIpc) is 2.84. The van der Waals surface area contributed by atoms with Gasteiger partial charge in [0.2, 0.25) is 0 Å². The molecule has 0 aliphatic carbocycles. The first-order valence-electron chi connectivity index (χ1n) is 6.66. The number of nitriles is 1. The van der Waals surface area contributed by atoms with Gasteiger partial charge in [-0.25, -0.2) is 4.98 Å². The van der Waals surface area contributed by atoms with Gasteiger partial charge in [0.25, 0.3) is 0 Å². The van der Waals surface area contributed by atoms with Crippen LogP contribution >= 0.6 is 11.6 Å². The highest BCUT2D eigenvalue weighted by atomic mass is 35.5. The van der Waals surface area contributed by atoms with Crippen molar-refractivity contribution in [2.75, 3.05) is 20.8 Å². The third-order valence-electron chi connectivity index (χ3n) is 3.33. The monoisotopic (exact) mass is 307 g/mol. The molecule has 0 aliphatic heterocycles. The van der Waals surface area contributed by atoms with Crippen LogP contribution in [0.1, 0.15) is 23.7 Å². The number of benzene rings is 1. The van der Waals surface area contributed by atoms with E-state index in [4.69, 9.17) is 26.3 Å². The molecule has 0 amide bonds. The molecule has 1 aromatic heterocycles. The number of fused-ring (bicyclic) bond motifs is 1. The lowest BCUT2D eigenvalue weighted by Crippen LogP contribution is -2.24. The van der Waals surface area contributed by atoms with Crippen LogP contribution in [0.4, 0.5) is 0 Å². The standard InChI is InChI=1S/C15H18ClN3O2/c1-10(16)15-18-13-5-4-11(7-17)6-14(13)19(15)8-12(21-3)9-20-2/h4-6,10,12H,8-9H2,1-3H3. The van der Waals surface area contributed by atoms with Gasteiger partial charge >= 0.3 is 0 Å². The maximum absolute atomic E-state index is 9.07. The van der Waals surface area contributed by atoms with Crippen molar-refractivity contribution < 1.29 is 9.47 Å². The number of hydrogen-bond acceptors (Lipinski definition) is 4. The second kappa shape index (κ2) is 6.90. The molecule has 1 heterocycles. The Labute approximate surface area is 129 Å². The summed E-state index contributed by atoms with van der Waals surface area (Å²) in [6.45, 7) is 2.93. The molecular formula is C15H18ClN3O2. The van der Waals surface area contributed by atoms with Crippen LogP contribution in [0.3, 0.4) is 0 Å². The van der Waals surface area contributed by atoms with Crippen molar-refractivity contribution in [3.63, 3.8) is 0 Å². The summed E-state index contributed by atoms with van der Waals surface area (Å²) >= 11 is 6.24. The van der Waals surface area contributed by atoms with Crippen molar-refractivity contribution >= 4 is 22.6 Å². The van der Waals surface area contributed by atoms with Gasteiger partial charge in [0.05, 0.1) is 47.3 Å². The predicted octanol–water partition coefficient (Wildman–Crippen LogP) is 2.87. The van der Waals surface area contributed by atoms with Gasteiger partial charge < -0.3 is 14.0 Å². The molecule has 2 aromatic rings. The van der Waals surface area contributed by atoms with E-state index in [-0.39, 0.29) is 11.5 Å². The zero-order valence-electron chi connectivity index (χ0n) is 12.3. The fraction of sp³-hybridized carbons (Fsp3) is 0.467. The molecule has 112 valence electrons. The molecule has 1 aromatic carbocycles. The van der Waals surface area contributed by atoms with E-state index in [0.29, 0.717) is 18.7 Å². The van der Waals surface area contributed by atoms with Gasteiger partial charge in [-0.15, -0.1) is 11.6 Å². The minimum absolute atomic E-state index is 0.104. The molecule has 0 fully saturated rings. The number of methoxy groups -OCH3 is 2. The van der Waals surface area contributed by atoms with E-state index >= 15 is 0 Å². The summed E-state index contributed by atoms with van der Waals surface area (Å²) in [7, 11) is 3.28. The van der Waals surface area contributed by atoms with Crippen LogP contribution in [0.5, 0.6) is 0 Å². The Bertz CT molecular complexity index is 661. The molecule has 0 bridgehead atoms. The molecule has 6 heteroatoms. The van der Waals surface area contributed by atoms with Crippen molar-refractivity contribution in [1.29, 1.82) is 5.26 Å². The summed E-state index contributed by atoms with van der Waals surface area (Å²) in [6.07, 6.45) is -0.104. The van der Waals surface area contributed by atoms with Crippen LogP contribution < -0.4 is 0 Å². The SMILES string of the molecule is COCC(Cn1c(C(C)Cl)nc2ccc(C#N)cc21)OC. The molecule has 0 saturated heterocycles. The maximum atomic E-state index is 9.07. The Kier molecular flexibility index (Phi) is 5.18. The molecule has 21 heavy (non-hydrogen) atoms. The Morgan fingerprint density at radius 2 is 2.19 bits per heavy atom. The van der Waals surface area contributed by atoms with Crippen molar-refractivity contribution in [2.45, 2.75) is 24.9 Å². The first kappa shape index (κ1) is 15.8. The van der Waals surface area contributed by atoms with E-state index < -0.39 is 0 Å². The van der Waals surface area contributed by atoms with E-state index in [1.807, 2.05) is 23.6 Å². The third-order valence-corrected chi connectivity index (χ3v) is 3.53. The molecule has 0 saturated carbocycles. The van der Waals surface area contributed by atoms with Crippen molar-refractivity contribution in [1.82, 2.24) is 9.55 Å². The van der Waals surface area contributed by atoms with E-state index in [2.05, 4.69) is 11.1 Å². The lowest BCUT2D eigenvalue weighted by molar-refractivity contribution is 0.0185. The van der Waals surface area contributed by atoms with E-state index in [1.165, 1.54) is 0 Å². The summed E-state index contributed by atoms with van der Waals surface area (Å²) in [5.74, 6) is 0.764. The molecule has 0 N–H and O–H groups in total. The predicted molar refractivity (Wildman–Crippen MR) is 81.4 cm³/mol. The second-order valence-corrected chi connectivity index (χ2v) is 5.48. The minimum atomic E-state index is -0.233. The van der Waals surface area contributed by atoms with E-state index in [1.54, 1.807) is 20.3 Å². The summed E-state index contributed by atoms with van der Waals surface area (Å²) in [4.78, 5) is 4.56. The van der Waals surface area contributed by atoms with Crippen molar-refractivity contribution in [3.05, 3.63) is 29.6 Å². The highest BCUT2D eigenvalue weighted by Crippen LogP contribution is 2.26. The average molecular weight is 308 g/mol. The fourth-order valence-electron chi connectivity index (χ4n) is 2.29. The molecule has 0 spiro atoms. The van der Waals surface area contributed by atoms with Gasteiger partial charge in [0.15, 0.2) is 0 Å². The van der Waals surface area contributed by atoms with Crippen LogP contribution in [-0.2, 0) is 16.0 Å². The van der Waals surface area contributed by atoms with Gasteiger partial charge in [-0.2, -0.15) is 5.26 Å². The Morgan fingerprint density at radius 3 is 2.76 bits per heavy atom. The van der Waals surface area contributed by atoms with Crippen molar-refractivity contribution in [3.8, 4) is 6.07 Å². The topological polar surface area (TPSA) is 60.1 Å². The van der Waals surface area contributed by atoms with Gasteiger partial charge in [0.1, 0.15) is 5.82 Å². The molecule has 0 aliphatic rings. The number of alkyl halides is 1. The lowest BCUT2D eigenvalue weighted by atomic mass is 10.2. The zero-order valence-corrected chi connectivity index (χ0v) is 13.1. The van der Waals surface area contributed by atoms with E-state index in [0.717, 1.165) is 16.9 Å². The van der Waals surface area contributed by atoms with Gasteiger partial charge in [-0.1, -0.05) is 0 Å². The normalized spacial score (nSPS) is 14.0. The number of nitrogens with zero attached hydrogens (tertiary/aromatic N) is 3. The highest BCUT2D eigenvalue weighted by Gasteiger charge is 2.18. The minimum Gasteiger partial charge on any atom is -0.382 e. The molecular weight excluding hydrogens is 290 g/mol. The third kappa shape index (κ3) is 3.35. The van der Waals surface area contributed by atoms with Crippen LogP contribution in [0.25, 0.3) is 11.0 Å². The van der Waals surface area contributed by atoms with Gasteiger partial charge in [0, 0.05) is 14.2 Å². The number of aromatic nitrogens is 2. The first-order valence-corrected chi connectivity index (χ1v) is 7.10. The summed E-state index contributed by atoms with van der Waals surface area (Å²) in [5.41, 5.74) is 2.30. The van der Waals surface area contributed by atoms with Crippen LogP contribution in [0, 0.1) is 11.3 Å². The molecule has 2 atom stereocenters. The molecule has 0 radical (unpaired) electrons. The second-order valence-electron chi connectivity index (χ2n) is 4.82. The van der Waals surface area contributed by atoms with Gasteiger partial charge in [-0.3, -0.25) is 0 Å². The number of rotatable bonds is 6. The van der Waals surface area contributed by atoms with Crippen LogP contribution in [0.15, 0.2) is 18.2 Å². The number of hydrogen-bond donors (Lipinski definition) is 0.